The van der Waals surface area contributed by atoms with Crippen molar-refractivity contribution < 1.29 is 4.42 Å². The average Bonchev–Trinajstić information content (AvgIpc) is 3.83. The normalized spacial score (nSPS) is 18.6. The van der Waals surface area contributed by atoms with Gasteiger partial charge in [0.2, 0.25) is 0 Å². The fourth-order valence-corrected chi connectivity index (χ4v) is 13.8. The van der Waals surface area contributed by atoms with Crippen LogP contribution in [0, 0.1) is 5.92 Å². The fraction of sp³-hybridized carbons (Fsp3) is 0.125. The largest absolute Gasteiger partial charge is 0.456 e. The molecule has 1 unspecified atom stereocenters. The highest BCUT2D eigenvalue weighted by Gasteiger charge is 2.39. The molecule has 11 rings (SSSR count). The van der Waals surface area contributed by atoms with Gasteiger partial charge in [0.15, 0.2) is 0 Å². The summed E-state index contributed by atoms with van der Waals surface area (Å²) in [5, 5.41) is 8.15. The number of thiophene rings is 1. The van der Waals surface area contributed by atoms with Crippen LogP contribution in [0.25, 0.3) is 53.2 Å². The highest BCUT2D eigenvalue weighted by Crippen LogP contribution is 2.46. The Bertz CT molecular complexity index is 2870. The van der Waals surface area contributed by atoms with Crippen LogP contribution in [0.3, 0.4) is 0 Å². The molecule has 1 atom stereocenters. The lowest BCUT2D eigenvalue weighted by molar-refractivity contribution is 0.669. The first-order valence-electron chi connectivity index (χ1n) is 18.5. The predicted molar refractivity (Wildman–Crippen MR) is 225 cm³/mol. The minimum absolute atomic E-state index is 0.483. The molecule has 0 N–H and O–H groups in total. The van der Waals surface area contributed by atoms with Crippen LogP contribution >= 0.6 is 11.3 Å². The first-order chi connectivity index (χ1) is 25.5. The molecular formula is C48H37NOSSi. The van der Waals surface area contributed by atoms with E-state index >= 15 is 0 Å². The maximum absolute atomic E-state index is 6.45. The van der Waals surface area contributed by atoms with E-state index in [2.05, 4.69) is 164 Å². The third-order valence-electron chi connectivity index (χ3n) is 11.9. The zero-order chi connectivity index (χ0) is 34.6. The number of fused-ring (bicyclic) bond motifs is 11. The monoisotopic (exact) mass is 703 g/mol. The van der Waals surface area contributed by atoms with Gasteiger partial charge in [-0.1, -0.05) is 116 Å². The van der Waals surface area contributed by atoms with E-state index in [4.69, 9.17) is 4.42 Å². The molecule has 4 heteroatoms. The third kappa shape index (κ3) is 4.35. The molecule has 2 aromatic heterocycles. The van der Waals surface area contributed by atoms with Crippen molar-refractivity contribution in [2.45, 2.75) is 32.4 Å². The van der Waals surface area contributed by atoms with Gasteiger partial charge in [0, 0.05) is 42.9 Å². The van der Waals surface area contributed by atoms with E-state index in [1.54, 1.807) is 5.19 Å². The van der Waals surface area contributed by atoms with Gasteiger partial charge < -0.3 is 9.32 Å². The van der Waals surface area contributed by atoms with E-state index in [0.29, 0.717) is 5.92 Å². The number of furan rings is 1. The summed E-state index contributed by atoms with van der Waals surface area (Å²) >= 11 is 1.95. The number of hydrogen-bond donors (Lipinski definition) is 0. The molecule has 0 saturated carbocycles. The number of allylic oxidation sites excluding steroid dienone is 12. The Morgan fingerprint density at radius 2 is 1.62 bits per heavy atom. The number of anilines is 2. The second-order valence-electron chi connectivity index (χ2n) is 15.1. The maximum atomic E-state index is 6.45. The SMILES string of the molecule is C[Si]1(C)c2cc(N(C3=CC=C(C4=C5C=CC=CC5CC=C4)CC3)c3cccc4oc5ccccc5c34)ccc2-c2c1ccc1c2sc2ccccc21. The van der Waals surface area contributed by atoms with Crippen LogP contribution < -0.4 is 15.3 Å². The molecule has 7 aromatic rings. The van der Waals surface area contributed by atoms with E-state index in [0.717, 1.165) is 35.8 Å². The Kier molecular flexibility index (Phi) is 6.56. The molecule has 1 aliphatic heterocycles. The minimum Gasteiger partial charge on any atom is -0.456 e. The molecule has 3 heterocycles. The highest BCUT2D eigenvalue weighted by atomic mass is 32.1. The molecule has 0 fully saturated rings. The Labute approximate surface area is 308 Å². The number of para-hydroxylation sites is 1. The molecule has 0 bridgehead atoms. The lowest BCUT2D eigenvalue weighted by Crippen LogP contribution is -2.49. The lowest BCUT2D eigenvalue weighted by Gasteiger charge is -2.32. The molecule has 3 aliphatic carbocycles. The van der Waals surface area contributed by atoms with Gasteiger partial charge in [-0.3, -0.25) is 0 Å². The second-order valence-corrected chi connectivity index (χ2v) is 20.5. The van der Waals surface area contributed by atoms with Crippen molar-refractivity contribution in [3.8, 4) is 11.1 Å². The van der Waals surface area contributed by atoms with Crippen molar-refractivity contribution in [3.63, 3.8) is 0 Å². The van der Waals surface area contributed by atoms with Crippen LogP contribution in [0.4, 0.5) is 11.4 Å². The topological polar surface area (TPSA) is 16.4 Å². The number of nitrogens with zero attached hydrogens (tertiary/aromatic N) is 1. The molecule has 4 aliphatic rings. The van der Waals surface area contributed by atoms with Crippen molar-refractivity contribution in [2.75, 3.05) is 4.90 Å². The predicted octanol–water partition coefficient (Wildman–Crippen LogP) is 12.5. The van der Waals surface area contributed by atoms with Crippen molar-refractivity contribution >= 4 is 83.3 Å². The smallest absolute Gasteiger partial charge is 0.137 e. The van der Waals surface area contributed by atoms with E-state index in [1.807, 2.05) is 11.3 Å². The second kappa shape index (κ2) is 11.3. The molecule has 52 heavy (non-hydrogen) atoms. The molecule has 0 saturated heterocycles. The van der Waals surface area contributed by atoms with Crippen LogP contribution in [0.1, 0.15) is 19.3 Å². The lowest BCUT2D eigenvalue weighted by atomic mass is 9.80. The average molecular weight is 704 g/mol. The first kappa shape index (κ1) is 30.2. The van der Waals surface area contributed by atoms with Gasteiger partial charge >= 0.3 is 0 Å². The number of rotatable bonds is 4. The molecule has 250 valence electrons. The van der Waals surface area contributed by atoms with Crippen LogP contribution in [-0.2, 0) is 0 Å². The van der Waals surface area contributed by atoms with E-state index in [-0.39, 0.29) is 0 Å². The van der Waals surface area contributed by atoms with Gasteiger partial charge in [0.05, 0.1) is 11.1 Å². The Hall–Kier alpha value is -5.42. The summed E-state index contributed by atoms with van der Waals surface area (Å²) in [6.07, 6.45) is 21.6. The number of benzene rings is 5. The summed E-state index contributed by atoms with van der Waals surface area (Å²) < 4.78 is 9.25. The summed E-state index contributed by atoms with van der Waals surface area (Å²) in [5.41, 5.74) is 12.7. The summed E-state index contributed by atoms with van der Waals surface area (Å²) in [6.45, 7) is 5.08. The molecule has 0 radical (unpaired) electrons. The third-order valence-corrected chi connectivity index (χ3v) is 16.6. The Balaban J connectivity index is 1.11. The summed E-state index contributed by atoms with van der Waals surface area (Å²) in [6, 6.07) is 36.1. The maximum Gasteiger partial charge on any atom is 0.137 e. The van der Waals surface area contributed by atoms with Crippen LogP contribution in [0.5, 0.6) is 0 Å². The molecule has 0 amide bonds. The van der Waals surface area contributed by atoms with Gasteiger partial charge in [-0.05, 0) is 100.0 Å². The van der Waals surface area contributed by atoms with Crippen molar-refractivity contribution in [1.29, 1.82) is 0 Å². The Morgan fingerprint density at radius 1 is 0.750 bits per heavy atom. The summed E-state index contributed by atoms with van der Waals surface area (Å²) in [4.78, 5) is 2.54. The molecular weight excluding hydrogens is 667 g/mol. The fourth-order valence-electron chi connectivity index (χ4n) is 9.37. The van der Waals surface area contributed by atoms with Crippen LogP contribution in [-0.4, -0.2) is 8.07 Å². The summed E-state index contributed by atoms with van der Waals surface area (Å²) in [5.74, 6) is 0.483. The van der Waals surface area contributed by atoms with Gasteiger partial charge in [-0.15, -0.1) is 11.3 Å². The quantitative estimate of drug-likeness (QED) is 0.170. The molecule has 2 nitrogen and oxygen atoms in total. The molecule has 0 spiro atoms. The Morgan fingerprint density at radius 3 is 2.52 bits per heavy atom. The number of hydrogen-bond acceptors (Lipinski definition) is 3. The highest BCUT2D eigenvalue weighted by molar-refractivity contribution is 7.26. The van der Waals surface area contributed by atoms with Crippen LogP contribution in [0.15, 0.2) is 173 Å². The standard InChI is InChI=1S/C48H37NOSSi/c1-52(2)44-28-27-37-36-14-6-8-20-43(36)51-48(37)47(44)39-26-25-33(29-45(39)52)49(40-17-10-19-42-46(40)38-15-5-7-18-41(38)50-42)32-23-21-31(22-24-32)35-16-9-12-30-11-3-4-13-34(30)35/h3-11,13-21,23,25-30H,12,22,24H2,1-2H3. The van der Waals surface area contributed by atoms with Crippen molar-refractivity contribution in [3.05, 3.63) is 168 Å². The molecule has 5 aromatic carbocycles. The first-order valence-corrected chi connectivity index (χ1v) is 22.3. The van der Waals surface area contributed by atoms with E-state index in [9.17, 15) is 0 Å². The van der Waals surface area contributed by atoms with Gasteiger partial charge in [0.1, 0.15) is 19.2 Å². The zero-order valence-corrected chi connectivity index (χ0v) is 31.1. The van der Waals surface area contributed by atoms with Gasteiger partial charge in [-0.25, -0.2) is 0 Å². The van der Waals surface area contributed by atoms with Gasteiger partial charge in [0.25, 0.3) is 0 Å². The van der Waals surface area contributed by atoms with Crippen LogP contribution in [0.2, 0.25) is 13.1 Å². The summed E-state index contributed by atoms with van der Waals surface area (Å²) in [7, 11) is -2.01. The van der Waals surface area contributed by atoms with E-state index < -0.39 is 8.07 Å². The van der Waals surface area contributed by atoms with Crippen molar-refractivity contribution in [1.82, 2.24) is 0 Å². The minimum atomic E-state index is -2.01. The van der Waals surface area contributed by atoms with E-state index in [1.165, 1.54) is 75.7 Å². The van der Waals surface area contributed by atoms with Gasteiger partial charge in [-0.2, -0.15) is 0 Å². The van der Waals surface area contributed by atoms with Crippen molar-refractivity contribution in [2.24, 2.45) is 5.92 Å². The zero-order valence-electron chi connectivity index (χ0n) is 29.3.